The van der Waals surface area contributed by atoms with Crippen molar-refractivity contribution in [2.24, 2.45) is 17.1 Å². The summed E-state index contributed by atoms with van der Waals surface area (Å²) in [4.78, 5) is 0. The highest BCUT2D eigenvalue weighted by molar-refractivity contribution is 5.34. The molecule has 0 aliphatic heterocycles. The summed E-state index contributed by atoms with van der Waals surface area (Å²) in [5.41, 5.74) is 11.2. The summed E-state index contributed by atoms with van der Waals surface area (Å²) < 4.78 is 0. The minimum Gasteiger partial charge on any atom is -0.327 e. The standard InChI is InChI=1S/C17H27N/c1-12-7-5-8-13(2)14(12)11-16(18)15-9-6-10-17(15,3)4/h5,7-8,15-16H,6,9-11,18H2,1-4H3. The maximum Gasteiger partial charge on any atom is 0.0113 e. The molecule has 1 heteroatoms. The molecule has 2 N–H and O–H groups in total. The monoisotopic (exact) mass is 245 g/mol. The lowest BCUT2D eigenvalue weighted by atomic mass is 9.75. The van der Waals surface area contributed by atoms with Gasteiger partial charge in [-0.2, -0.15) is 0 Å². The average Bonchev–Trinajstić information content (AvgIpc) is 2.63. The SMILES string of the molecule is Cc1cccc(C)c1CC(N)C1CCCC1(C)C. The molecule has 1 saturated carbocycles. The van der Waals surface area contributed by atoms with Gasteiger partial charge < -0.3 is 5.73 Å². The molecule has 2 atom stereocenters. The first kappa shape index (κ1) is 13.6. The Kier molecular flexibility index (Phi) is 3.82. The van der Waals surface area contributed by atoms with Crippen molar-refractivity contribution >= 4 is 0 Å². The summed E-state index contributed by atoms with van der Waals surface area (Å²) in [7, 11) is 0. The van der Waals surface area contributed by atoms with Crippen LogP contribution in [0, 0.1) is 25.2 Å². The predicted octanol–water partition coefficient (Wildman–Crippen LogP) is 4.00. The molecule has 0 radical (unpaired) electrons. The molecule has 1 fully saturated rings. The lowest BCUT2D eigenvalue weighted by Crippen LogP contribution is -2.38. The van der Waals surface area contributed by atoms with Crippen molar-refractivity contribution in [3.8, 4) is 0 Å². The van der Waals surface area contributed by atoms with Gasteiger partial charge in [-0.25, -0.2) is 0 Å². The fourth-order valence-electron chi connectivity index (χ4n) is 3.70. The van der Waals surface area contributed by atoms with Crippen molar-refractivity contribution in [1.29, 1.82) is 0 Å². The Morgan fingerprint density at radius 3 is 2.39 bits per heavy atom. The van der Waals surface area contributed by atoms with Gasteiger partial charge in [0.25, 0.3) is 0 Å². The van der Waals surface area contributed by atoms with E-state index in [0.29, 0.717) is 17.4 Å². The Labute approximate surface area is 112 Å². The minimum absolute atomic E-state index is 0.308. The Morgan fingerprint density at radius 2 is 1.89 bits per heavy atom. The van der Waals surface area contributed by atoms with Crippen molar-refractivity contribution in [2.75, 3.05) is 0 Å². The van der Waals surface area contributed by atoms with Crippen molar-refractivity contribution in [3.05, 3.63) is 34.9 Å². The molecule has 0 spiro atoms. The maximum absolute atomic E-state index is 6.52. The van der Waals surface area contributed by atoms with Gasteiger partial charge in [0.15, 0.2) is 0 Å². The second-order valence-corrected chi connectivity index (χ2v) is 6.73. The molecule has 18 heavy (non-hydrogen) atoms. The number of hydrogen-bond donors (Lipinski definition) is 1. The van der Waals surface area contributed by atoms with Crippen LogP contribution in [-0.4, -0.2) is 6.04 Å². The topological polar surface area (TPSA) is 26.0 Å². The van der Waals surface area contributed by atoms with E-state index in [4.69, 9.17) is 5.73 Å². The molecule has 100 valence electrons. The van der Waals surface area contributed by atoms with Gasteiger partial charge in [-0.05, 0) is 61.1 Å². The zero-order valence-corrected chi connectivity index (χ0v) is 12.3. The Bertz CT molecular complexity index is 399. The van der Waals surface area contributed by atoms with Gasteiger partial charge >= 0.3 is 0 Å². The fraction of sp³-hybridized carbons (Fsp3) is 0.647. The first-order valence-electron chi connectivity index (χ1n) is 7.22. The Morgan fingerprint density at radius 1 is 1.28 bits per heavy atom. The smallest absolute Gasteiger partial charge is 0.0113 e. The van der Waals surface area contributed by atoms with E-state index >= 15 is 0 Å². The molecule has 1 aliphatic carbocycles. The van der Waals surface area contributed by atoms with E-state index in [0.717, 1.165) is 6.42 Å². The predicted molar refractivity (Wildman–Crippen MR) is 78.7 cm³/mol. The lowest BCUT2D eigenvalue weighted by Gasteiger charge is -2.32. The van der Waals surface area contributed by atoms with E-state index in [1.807, 2.05) is 0 Å². The molecule has 0 saturated heterocycles. The Hall–Kier alpha value is -0.820. The van der Waals surface area contributed by atoms with Gasteiger partial charge in [0.1, 0.15) is 0 Å². The molecule has 0 heterocycles. The van der Waals surface area contributed by atoms with Gasteiger partial charge in [-0.15, -0.1) is 0 Å². The second-order valence-electron chi connectivity index (χ2n) is 6.73. The molecule has 1 aromatic rings. The highest BCUT2D eigenvalue weighted by Crippen LogP contribution is 2.44. The molecule has 2 unspecified atom stereocenters. The van der Waals surface area contributed by atoms with Gasteiger partial charge in [0, 0.05) is 6.04 Å². The van der Waals surface area contributed by atoms with Gasteiger partial charge in [0.05, 0.1) is 0 Å². The summed E-state index contributed by atoms with van der Waals surface area (Å²) in [6, 6.07) is 6.85. The van der Waals surface area contributed by atoms with Crippen molar-refractivity contribution in [1.82, 2.24) is 0 Å². The fourth-order valence-corrected chi connectivity index (χ4v) is 3.70. The van der Waals surface area contributed by atoms with Crippen LogP contribution in [0.1, 0.15) is 49.8 Å². The van der Waals surface area contributed by atoms with E-state index in [1.165, 1.54) is 36.0 Å². The van der Waals surface area contributed by atoms with Crippen molar-refractivity contribution in [3.63, 3.8) is 0 Å². The van der Waals surface area contributed by atoms with E-state index in [9.17, 15) is 0 Å². The van der Waals surface area contributed by atoms with E-state index in [2.05, 4.69) is 45.9 Å². The van der Waals surface area contributed by atoms with E-state index < -0.39 is 0 Å². The first-order chi connectivity index (χ1) is 8.42. The third kappa shape index (κ3) is 2.61. The minimum atomic E-state index is 0.308. The van der Waals surface area contributed by atoms with Crippen LogP contribution in [0.5, 0.6) is 0 Å². The second kappa shape index (κ2) is 5.05. The van der Waals surface area contributed by atoms with Crippen LogP contribution >= 0.6 is 0 Å². The zero-order chi connectivity index (χ0) is 13.3. The van der Waals surface area contributed by atoms with E-state index in [-0.39, 0.29) is 0 Å². The quantitative estimate of drug-likeness (QED) is 0.856. The third-order valence-electron chi connectivity index (χ3n) is 4.94. The van der Waals surface area contributed by atoms with Crippen molar-refractivity contribution in [2.45, 2.75) is 59.4 Å². The van der Waals surface area contributed by atoms with Crippen LogP contribution in [0.3, 0.4) is 0 Å². The first-order valence-corrected chi connectivity index (χ1v) is 7.22. The molecule has 0 aromatic heterocycles. The highest BCUT2D eigenvalue weighted by Gasteiger charge is 2.38. The molecule has 0 bridgehead atoms. The van der Waals surface area contributed by atoms with Crippen LogP contribution < -0.4 is 5.73 Å². The summed E-state index contributed by atoms with van der Waals surface area (Å²) >= 11 is 0. The number of hydrogen-bond acceptors (Lipinski definition) is 1. The average molecular weight is 245 g/mol. The van der Waals surface area contributed by atoms with Crippen LogP contribution in [0.2, 0.25) is 0 Å². The summed E-state index contributed by atoms with van der Waals surface area (Å²) in [6.45, 7) is 9.17. The molecular formula is C17H27N. The Balaban J connectivity index is 2.14. The molecule has 0 amide bonds. The van der Waals surface area contributed by atoms with Crippen LogP contribution in [0.25, 0.3) is 0 Å². The van der Waals surface area contributed by atoms with Gasteiger partial charge in [-0.3, -0.25) is 0 Å². The van der Waals surface area contributed by atoms with E-state index in [1.54, 1.807) is 0 Å². The van der Waals surface area contributed by atoms with Crippen LogP contribution in [0.15, 0.2) is 18.2 Å². The third-order valence-corrected chi connectivity index (χ3v) is 4.94. The maximum atomic E-state index is 6.52. The van der Waals surface area contributed by atoms with Gasteiger partial charge in [0.2, 0.25) is 0 Å². The summed E-state index contributed by atoms with van der Waals surface area (Å²) in [6.07, 6.45) is 5.02. The van der Waals surface area contributed by atoms with Gasteiger partial charge in [-0.1, -0.05) is 38.5 Å². The largest absolute Gasteiger partial charge is 0.327 e. The summed E-state index contributed by atoms with van der Waals surface area (Å²) in [5.74, 6) is 0.677. The molecule has 1 aliphatic rings. The number of aryl methyl sites for hydroxylation is 2. The molecule has 1 nitrogen and oxygen atoms in total. The molecule has 1 aromatic carbocycles. The van der Waals surface area contributed by atoms with Crippen molar-refractivity contribution < 1.29 is 0 Å². The number of benzene rings is 1. The van der Waals surface area contributed by atoms with Crippen LogP contribution in [0.4, 0.5) is 0 Å². The zero-order valence-electron chi connectivity index (χ0n) is 12.3. The normalized spacial score (nSPS) is 24.2. The molecular weight excluding hydrogens is 218 g/mol. The molecule has 2 rings (SSSR count). The number of nitrogens with two attached hydrogens (primary N) is 1. The lowest BCUT2D eigenvalue weighted by molar-refractivity contribution is 0.220. The summed E-state index contributed by atoms with van der Waals surface area (Å²) in [5, 5.41) is 0. The van der Waals surface area contributed by atoms with Crippen LogP contribution in [-0.2, 0) is 6.42 Å². The number of rotatable bonds is 3. The highest BCUT2D eigenvalue weighted by atomic mass is 14.7.